The Morgan fingerprint density at radius 1 is 1.03 bits per heavy atom. The molecule has 0 bridgehead atoms. The number of rotatable bonds is 8. The molecule has 31 heavy (non-hydrogen) atoms. The van der Waals surface area contributed by atoms with Gasteiger partial charge in [-0.1, -0.05) is 60.1 Å². The van der Waals surface area contributed by atoms with Gasteiger partial charge in [-0.2, -0.15) is 0 Å². The van der Waals surface area contributed by atoms with Gasteiger partial charge in [-0.25, -0.2) is 8.42 Å². The van der Waals surface area contributed by atoms with E-state index >= 15 is 0 Å². The zero-order valence-electron chi connectivity index (χ0n) is 17.2. The van der Waals surface area contributed by atoms with Crippen LogP contribution in [0.3, 0.4) is 0 Å². The zero-order chi connectivity index (χ0) is 22.4. The van der Waals surface area contributed by atoms with Crippen molar-refractivity contribution in [1.82, 2.24) is 5.32 Å². The fourth-order valence-corrected chi connectivity index (χ4v) is 4.73. The van der Waals surface area contributed by atoms with E-state index in [0.29, 0.717) is 5.02 Å². The molecular formula is C23H23ClN2O4S. The summed E-state index contributed by atoms with van der Waals surface area (Å²) in [5.74, 6) is -0.175. The molecule has 6 nitrogen and oxygen atoms in total. The molecule has 0 aliphatic heterocycles. The van der Waals surface area contributed by atoms with Crippen molar-refractivity contribution in [1.29, 1.82) is 0 Å². The average Bonchev–Trinajstić information content (AvgIpc) is 2.78. The van der Waals surface area contributed by atoms with Gasteiger partial charge in [0.05, 0.1) is 23.7 Å². The summed E-state index contributed by atoms with van der Waals surface area (Å²) in [6, 6.07) is 21.7. The van der Waals surface area contributed by atoms with Crippen LogP contribution in [0.4, 0.5) is 5.69 Å². The number of sulfonamides is 1. The highest BCUT2D eigenvalue weighted by Crippen LogP contribution is 2.34. The fraction of sp³-hybridized carbons (Fsp3) is 0.174. The quantitative estimate of drug-likeness (QED) is 0.542. The first-order valence-electron chi connectivity index (χ1n) is 9.58. The predicted octanol–water partition coefficient (Wildman–Crippen LogP) is 4.42. The van der Waals surface area contributed by atoms with Crippen molar-refractivity contribution in [3.05, 3.63) is 89.4 Å². The molecule has 0 saturated carbocycles. The highest BCUT2D eigenvalue weighted by Gasteiger charge is 2.30. The third-order valence-corrected chi connectivity index (χ3v) is 6.71. The van der Waals surface area contributed by atoms with Gasteiger partial charge in [0.15, 0.2) is 0 Å². The summed E-state index contributed by atoms with van der Waals surface area (Å²) >= 11 is 6.14. The van der Waals surface area contributed by atoms with E-state index in [1.807, 2.05) is 37.3 Å². The molecule has 8 heteroatoms. The summed E-state index contributed by atoms with van der Waals surface area (Å²) in [4.78, 5) is 12.9. The molecule has 3 rings (SSSR count). The first-order valence-corrected chi connectivity index (χ1v) is 11.4. The molecule has 0 aromatic heterocycles. The van der Waals surface area contributed by atoms with Gasteiger partial charge in [-0.05, 0) is 42.8 Å². The molecule has 162 valence electrons. The van der Waals surface area contributed by atoms with Crippen LogP contribution in [-0.4, -0.2) is 28.0 Å². The molecule has 0 spiro atoms. The Labute approximate surface area is 187 Å². The number of amides is 1. The predicted molar refractivity (Wildman–Crippen MR) is 122 cm³/mol. The summed E-state index contributed by atoms with van der Waals surface area (Å²) in [5.41, 5.74) is 1.09. The van der Waals surface area contributed by atoms with Crippen molar-refractivity contribution in [2.24, 2.45) is 0 Å². The van der Waals surface area contributed by atoms with Crippen molar-refractivity contribution in [3.63, 3.8) is 0 Å². The Morgan fingerprint density at radius 3 is 2.26 bits per heavy atom. The summed E-state index contributed by atoms with van der Waals surface area (Å²) < 4.78 is 33.3. The fourth-order valence-electron chi connectivity index (χ4n) is 3.12. The number of nitrogens with one attached hydrogen (secondary N) is 1. The molecule has 0 radical (unpaired) electrons. The highest BCUT2D eigenvalue weighted by atomic mass is 35.5. The van der Waals surface area contributed by atoms with Gasteiger partial charge < -0.3 is 10.1 Å². The van der Waals surface area contributed by atoms with E-state index in [0.717, 1.165) is 9.87 Å². The lowest BCUT2D eigenvalue weighted by Gasteiger charge is -2.26. The van der Waals surface area contributed by atoms with Gasteiger partial charge >= 0.3 is 0 Å². The minimum atomic E-state index is -4.07. The van der Waals surface area contributed by atoms with E-state index in [1.54, 1.807) is 30.3 Å². The van der Waals surface area contributed by atoms with Crippen LogP contribution in [0.25, 0.3) is 0 Å². The lowest BCUT2D eigenvalue weighted by atomic mass is 10.1. The largest absolute Gasteiger partial charge is 0.495 e. The highest BCUT2D eigenvalue weighted by molar-refractivity contribution is 7.92. The number of hydrogen-bond acceptors (Lipinski definition) is 4. The molecule has 1 atom stereocenters. The van der Waals surface area contributed by atoms with Crippen molar-refractivity contribution in [3.8, 4) is 5.75 Å². The van der Waals surface area contributed by atoms with Crippen molar-refractivity contribution < 1.29 is 17.9 Å². The number of methoxy groups -OCH3 is 1. The van der Waals surface area contributed by atoms with E-state index in [9.17, 15) is 13.2 Å². The van der Waals surface area contributed by atoms with E-state index in [1.165, 1.54) is 25.3 Å². The van der Waals surface area contributed by atoms with Crippen LogP contribution in [0, 0.1) is 0 Å². The lowest BCUT2D eigenvalue weighted by molar-refractivity contribution is -0.120. The van der Waals surface area contributed by atoms with Gasteiger partial charge in [0.2, 0.25) is 5.91 Å². The van der Waals surface area contributed by atoms with Crippen molar-refractivity contribution in [2.45, 2.75) is 17.9 Å². The van der Waals surface area contributed by atoms with Crippen LogP contribution in [0.2, 0.25) is 5.02 Å². The van der Waals surface area contributed by atoms with Gasteiger partial charge in [0.1, 0.15) is 12.3 Å². The maximum atomic E-state index is 13.5. The molecule has 0 heterocycles. The van der Waals surface area contributed by atoms with Gasteiger partial charge in [0, 0.05) is 5.02 Å². The number of ether oxygens (including phenoxy) is 1. The molecule has 0 unspecified atom stereocenters. The summed E-state index contributed by atoms with van der Waals surface area (Å²) in [6.07, 6.45) is 0. The summed E-state index contributed by atoms with van der Waals surface area (Å²) in [6.45, 7) is 1.40. The van der Waals surface area contributed by atoms with E-state index in [2.05, 4.69) is 5.32 Å². The van der Waals surface area contributed by atoms with Gasteiger partial charge in [0.25, 0.3) is 10.0 Å². The van der Waals surface area contributed by atoms with Gasteiger partial charge in [-0.15, -0.1) is 0 Å². The molecule has 0 aliphatic carbocycles. The smallest absolute Gasteiger partial charge is 0.264 e. The maximum Gasteiger partial charge on any atom is 0.264 e. The summed E-state index contributed by atoms with van der Waals surface area (Å²) in [7, 11) is -2.64. The van der Waals surface area contributed by atoms with Crippen molar-refractivity contribution in [2.75, 3.05) is 18.0 Å². The number of benzene rings is 3. The zero-order valence-corrected chi connectivity index (χ0v) is 18.7. The van der Waals surface area contributed by atoms with Crippen LogP contribution in [-0.2, 0) is 14.8 Å². The second-order valence-corrected chi connectivity index (χ2v) is 9.14. The van der Waals surface area contributed by atoms with Gasteiger partial charge in [-0.3, -0.25) is 9.10 Å². The minimum Gasteiger partial charge on any atom is -0.495 e. The molecule has 0 aliphatic rings. The second-order valence-electron chi connectivity index (χ2n) is 6.84. The van der Waals surface area contributed by atoms with Crippen LogP contribution < -0.4 is 14.4 Å². The molecule has 0 fully saturated rings. The van der Waals surface area contributed by atoms with Crippen LogP contribution >= 0.6 is 11.6 Å². The Balaban J connectivity index is 1.97. The number of halogens is 1. The number of hydrogen-bond donors (Lipinski definition) is 1. The first kappa shape index (κ1) is 22.7. The molecule has 0 saturated heterocycles. The standard InChI is InChI=1S/C23H23ClN2O4S/c1-17(18-9-5-3-6-10-18)25-23(27)16-26(21-15-19(24)13-14-22(21)30-2)31(28,29)20-11-7-4-8-12-20/h3-15,17H,16H2,1-2H3,(H,25,27)/t17-/m0/s1. The molecule has 1 amide bonds. The Morgan fingerprint density at radius 2 is 1.65 bits per heavy atom. The first-order chi connectivity index (χ1) is 14.8. The number of anilines is 1. The van der Waals surface area contributed by atoms with Crippen LogP contribution in [0.5, 0.6) is 5.75 Å². The number of carbonyl (C=O) groups is 1. The lowest BCUT2D eigenvalue weighted by Crippen LogP contribution is -2.41. The molecule has 1 N–H and O–H groups in total. The van der Waals surface area contributed by atoms with E-state index in [4.69, 9.17) is 16.3 Å². The Bertz CT molecular complexity index is 1140. The van der Waals surface area contributed by atoms with E-state index < -0.39 is 22.5 Å². The topological polar surface area (TPSA) is 75.7 Å². The monoisotopic (exact) mass is 458 g/mol. The molecule has 3 aromatic rings. The van der Waals surface area contributed by atoms with E-state index in [-0.39, 0.29) is 22.4 Å². The van der Waals surface area contributed by atoms with Crippen molar-refractivity contribution >= 4 is 33.2 Å². The SMILES string of the molecule is COc1ccc(Cl)cc1N(CC(=O)N[C@@H](C)c1ccccc1)S(=O)(=O)c1ccccc1. The molecule has 3 aromatic carbocycles. The molecular weight excluding hydrogens is 436 g/mol. The Kier molecular flexibility index (Phi) is 7.20. The number of carbonyl (C=O) groups excluding carboxylic acids is 1. The minimum absolute atomic E-state index is 0.0564. The van der Waals surface area contributed by atoms with Crippen LogP contribution in [0.15, 0.2) is 83.8 Å². The average molecular weight is 459 g/mol. The Hall–Kier alpha value is -3.03. The van der Waals surface area contributed by atoms with Crippen LogP contribution in [0.1, 0.15) is 18.5 Å². The second kappa shape index (κ2) is 9.85. The third kappa shape index (κ3) is 5.37. The normalized spacial score (nSPS) is 12.1. The third-order valence-electron chi connectivity index (χ3n) is 4.71. The number of nitrogens with zero attached hydrogens (tertiary/aromatic N) is 1. The maximum absolute atomic E-state index is 13.5. The summed E-state index contributed by atoms with van der Waals surface area (Å²) in [5, 5.41) is 3.17.